The van der Waals surface area contributed by atoms with E-state index >= 15 is 0 Å². The third-order valence-corrected chi connectivity index (χ3v) is 12.7. The molecule has 81 heavy (non-hydrogen) atoms. The number of aromatic hydroxyl groups is 1. The first-order valence-corrected chi connectivity index (χ1v) is 26.1. The minimum Gasteiger partial charge on any atom is -0.508 e. The summed E-state index contributed by atoms with van der Waals surface area (Å²) in [6.45, 7) is 22.4. The number of carbonyl (C=O) groups excluding carboxylic acids is 4. The van der Waals surface area contributed by atoms with Crippen molar-refractivity contribution in [2.24, 2.45) is 0 Å². The molecule has 2 amide bonds. The predicted molar refractivity (Wildman–Crippen MR) is 320 cm³/mol. The quantitative estimate of drug-likeness (QED) is 0.0492. The van der Waals surface area contributed by atoms with Gasteiger partial charge in [-0.25, -0.2) is 14.4 Å². The number of phenols is 1. The predicted octanol–water partition coefficient (Wildman–Crippen LogP) is 16.0. The molecule has 0 spiro atoms. The molecule has 0 saturated carbocycles. The Bertz CT molecular complexity index is 3580. The lowest BCUT2D eigenvalue weighted by atomic mass is 10.0. The van der Waals surface area contributed by atoms with Crippen LogP contribution in [0.25, 0.3) is 33.4 Å². The number of nitrogens with one attached hydrogen (secondary N) is 2. The van der Waals surface area contributed by atoms with E-state index in [-0.39, 0.29) is 28.8 Å². The maximum absolute atomic E-state index is 12.9. The molecule has 14 heteroatoms. The number of rotatable bonds is 10. The first kappa shape index (κ1) is 60.5. The minimum atomic E-state index is -1.12. The van der Waals surface area contributed by atoms with Crippen LogP contribution in [-0.4, -0.2) is 51.5 Å². The molecule has 0 aromatic heterocycles. The lowest BCUT2D eigenvalue weighted by Crippen LogP contribution is -2.25. The molecule has 0 aliphatic carbocycles. The van der Waals surface area contributed by atoms with Crippen LogP contribution in [0.5, 0.6) is 17.2 Å². The molecule has 0 bridgehead atoms. The Kier molecular flexibility index (Phi) is 19.7. The van der Waals surface area contributed by atoms with Gasteiger partial charge in [-0.1, -0.05) is 91.0 Å². The van der Waals surface area contributed by atoms with Crippen LogP contribution in [0.3, 0.4) is 0 Å². The van der Waals surface area contributed by atoms with E-state index in [1.165, 1.54) is 6.07 Å². The zero-order valence-electron chi connectivity index (χ0n) is 47.7. The molecule has 0 aliphatic rings. The van der Waals surface area contributed by atoms with Crippen molar-refractivity contribution >= 4 is 47.2 Å². The first-order chi connectivity index (χ1) is 38.1. The summed E-state index contributed by atoms with van der Waals surface area (Å²) in [6, 6.07) is 48.6. The summed E-state index contributed by atoms with van der Waals surface area (Å²) < 4.78 is 20.6. The maximum Gasteiger partial charge on any atom is 0.514 e. The van der Waals surface area contributed by atoms with Crippen molar-refractivity contribution < 1.29 is 53.1 Å². The summed E-state index contributed by atoms with van der Waals surface area (Å²) in [5.74, 6) is -0.626. The molecular formula is C67H69N3O11. The Labute approximate surface area is 473 Å². The third kappa shape index (κ3) is 17.4. The second kappa shape index (κ2) is 26.3. The number of carbonyl (C=O) groups is 5. The van der Waals surface area contributed by atoms with E-state index in [2.05, 4.69) is 10.6 Å². The van der Waals surface area contributed by atoms with Crippen molar-refractivity contribution in [3.05, 3.63) is 214 Å². The fourth-order valence-corrected chi connectivity index (χ4v) is 7.96. The van der Waals surface area contributed by atoms with Gasteiger partial charge >= 0.3 is 18.3 Å². The average molecular weight is 1090 g/mol. The van der Waals surface area contributed by atoms with Crippen LogP contribution in [0.1, 0.15) is 106 Å². The van der Waals surface area contributed by atoms with Crippen LogP contribution in [0.4, 0.5) is 26.7 Å². The number of hydrogen-bond donors (Lipinski definition) is 5. The van der Waals surface area contributed by atoms with Gasteiger partial charge < -0.3 is 45.5 Å². The Balaban J connectivity index is 0.000000199. The summed E-state index contributed by atoms with van der Waals surface area (Å²) in [5.41, 5.74) is 19.0. The van der Waals surface area contributed by atoms with Crippen LogP contribution >= 0.6 is 0 Å². The van der Waals surface area contributed by atoms with Crippen molar-refractivity contribution in [2.75, 3.05) is 16.4 Å². The molecule has 8 rings (SSSR count). The van der Waals surface area contributed by atoms with Gasteiger partial charge in [0, 0.05) is 22.5 Å². The van der Waals surface area contributed by atoms with Gasteiger partial charge in [0.25, 0.3) is 11.8 Å². The Morgan fingerprint density at radius 2 is 0.790 bits per heavy atom. The third-order valence-electron chi connectivity index (χ3n) is 12.7. The molecule has 8 aromatic rings. The highest BCUT2D eigenvalue weighted by Crippen LogP contribution is 2.31. The number of ether oxygens (including phenoxy) is 4. The summed E-state index contributed by atoms with van der Waals surface area (Å²) in [5, 5.41) is 24.7. The van der Waals surface area contributed by atoms with E-state index < -0.39 is 29.5 Å². The number of hydrogen-bond acceptors (Lipinski definition) is 11. The monoisotopic (exact) mass is 1090 g/mol. The van der Waals surface area contributed by atoms with Crippen molar-refractivity contribution in [1.29, 1.82) is 0 Å². The average Bonchev–Trinajstić information content (AvgIpc) is 3.39. The molecular weight excluding hydrogens is 1020 g/mol. The minimum absolute atomic E-state index is 0.0104. The van der Waals surface area contributed by atoms with Gasteiger partial charge in [-0.05, 0) is 223 Å². The van der Waals surface area contributed by atoms with Crippen LogP contribution in [0.15, 0.2) is 164 Å². The molecule has 0 heterocycles. The zero-order valence-corrected chi connectivity index (χ0v) is 47.7. The second-order valence-electron chi connectivity index (χ2n) is 21.3. The standard InChI is InChI=1S/C27H29NO4.C22H19NO4.C18H21NO3/c1-17-8-7-9-23(19(17)3)25(29)28-24-16-21(11-10-18(24)2)20-12-14-22(15-13-20)31-26(30)32-27(4,5)6;1-13-4-3-5-18(14(13)2)21(25)23-20-12-16(8-11-19(20)22(26)27)15-6-9-17(24)10-7-15;1-12-5-6-14(11-16(12)19)13-7-9-15(10-8-13)21-17(20)22-18(2,3)4/h7-16H,1-6H3,(H,28,29);3-12,24H,1-2H3,(H,23,25)(H,26,27);5-11H,19H2,1-4H3. The number of nitrogens with two attached hydrogens (primary N) is 1. The molecule has 6 N–H and O–H groups in total. The highest BCUT2D eigenvalue weighted by molar-refractivity contribution is 6.09. The number of amides is 2. The van der Waals surface area contributed by atoms with E-state index in [0.717, 1.165) is 78.1 Å². The Hall–Kier alpha value is -9.69. The number of aryl methyl sites for hydroxylation is 4. The first-order valence-electron chi connectivity index (χ1n) is 26.1. The van der Waals surface area contributed by atoms with Gasteiger partial charge in [0.1, 0.15) is 28.5 Å². The number of nitrogen functional groups attached to an aromatic ring is 1. The van der Waals surface area contributed by atoms with Gasteiger partial charge in [0.15, 0.2) is 0 Å². The Morgan fingerprint density at radius 3 is 1.21 bits per heavy atom. The molecule has 0 radical (unpaired) electrons. The van der Waals surface area contributed by atoms with Gasteiger partial charge in [-0.2, -0.15) is 0 Å². The van der Waals surface area contributed by atoms with Crippen LogP contribution in [0.2, 0.25) is 0 Å². The maximum atomic E-state index is 12.9. The molecule has 14 nitrogen and oxygen atoms in total. The van der Waals surface area contributed by atoms with Crippen molar-refractivity contribution in [3.8, 4) is 50.6 Å². The summed E-state index contributed by atoms with van der Waals surface area (Å²) in [7, 11) is 0. The molecule has 0 unspecified atom stereocenters. The lowest BCUT2D eigenvalue weighted by molar-refractivity contribution is 0.0193. The van der Waals surface area contributed by atoms with E-state index in [1.807, 2.05) is 126 Å². The SMILES string of the molecule is Cc1ccc(-c2ccc(OC(=O)OC(C)(C)C)cc2)cc1N.Cc1ccc(-c2ccc(OC(=O)OC(C)(C)C)cc2)cc1NC(=O)c1cccc(C)c1C.Cc1cccc(C(=O)Nc2cc(-c3ccc(O)cc3)ccc2C(=O)O)c1C. The van der Waals surface area contributed by atoms with Crippen LogP contribution < -0.4 is 25.8 Å². The largest absolute Gasteiger partial charge is 0.514 e. The number of benzene rings is 8. The summed E-state index contributed by atoms with van der Waals surface area (Å²) in [4.78, 5) is 60.6. The molecule has 0 atom stereocenters. The zero-order chi connectivity index (χ0) is 59.3. The number of carboxylic acids is 1. The van der Waals surface area contributed by atoms with Gasteiger partial charge in [-0.15, -0.1) is 0 Å². The van der Waals surface area contributed by atoms with Crippen molar-refractivity contribution in [1.82, 2.24) is 0 Å². The number of carboxylic acid groups (broad SMARTS) is 1. The smallest absolute Gasteiger partial charge is 0.508 e. The van der Waals surface area contributed by atoms with Crippen LogP contribution in [-0.2, 0) is 9.47 Å². The highest BCUT2D eigenvalue weighted by Gasteiger charge is 2.21. The van der Waals surface area contributed by atoms with Crippen molar-refractivity contribution in [2.45, 2.75) is 94.3 Å². The number of aromatic carboxylic acids is 1. The molecule has 0 fully saturated rings. The van der Waals surface area contributed by atoms with E-state index in [0.29, 0.717) is 22.6 Å². The molecule has 418 valence electrons. The van der Waals surface area contributed by atoms with Crippen molar-refractivity contribution in [3.63, 3.8) is 0 Å². The summed E-state index contributed by atoms with van der Waals surface area (Å²) >= 11 is 0. The lowest BCUT2D eigenvalue weighted by Gasteiger charge is -2.18. The molecule has 0 saturated heterocycles. The molecule has 8 aromatic carbocycles. The second-order valence-corrected chi connectivity index (χ2v) is 21.3. The summed E-state index contributed by atoms with van der Waals surface area (Å²) in [6.07, 6.45) is -1.45. The van der Waals surface area contributed by atoms with Crippen LogP contribution in [0, 0.1) is 41.5 Å². The fourth-order valence-electron chi connectivity index (χ4n) is 7.96. The Morgan fingerprint density at radius 1 is 0.420 bits per heavy atom. The molecule has 0 aliphatic heterocycles. The van der Waals surface area contributed by atoms with E-state index in [9.17, 15) is 34.2 Å². The van der Waals surface area contributed by atoms with Gasteiger partial charge in [-0.3, -0.25) is 9.59 Å². The van der Waals surface area contributed by atoms with Gasteiger partial charge in [0.2, 0.25) is 0 Å². The number of anilines is 3. The van der Waals surface area contributed by atoms with E-state index in [1.54, 1.807) is 114 Å². The fraction of sp³-hybridized carbons (Fsp3) is 0.209. The normalized spacial score (nSPS) is 10.9. The topological polar surface area (TPSA) is 213 Å². The number of phenolic OH excluding ortho intramolecular Hbond substituents is 1. The van der Waals surface area contributed by atoms with E-state index in [4.69, 9.17) is 24.7 Å². The highest BCUT2D eigenvalue weighted by atomic mass is 16.7. The van der Waals surface area contributed by atoms with Gasteiger partial charge in [0.05, 0.1) is 11.3 Å².